The molecule has 0 aliphatic carbocycles. The summed E-state index contributed by atoms with van der Waals surface area (Å²) in [7, 11) is 0. The Labute approximate surface area is 133 Å². The summed E-state index contributed by atoms with van der Waals surface area (Å²) < 4.78 is 20.9. The van der Waals surface area contributed by atoms with Crippen molar-refractivity contribution in [2.75, 3.05) is 6.61 Å². The highest BCUT2D eigenvalue weighted by atomic mass is 79.9. The zero-order valence-electron chi connectivity index (χ0n) is 10.7. The Morgan fingerprint density at radius 3 is 2.40 bits per heavy atom. The van der Waals surface area contributed by atoms with Gasteiger partial charge in [0.15, 0.2) is 0 Å². The van der Waals surface area contributed by atoms with Crippen LogP contribution in [0.25, 0.3) is 0 Å². The quantitative estimate of drug-likeness (QED) is 0.791. The van der Waals surface area contributed by atoms with Crippen LogP contribution in [0.1, 0.15) is 24.2 Å². The van der Waals surface area contributed by atoms with E-state index in [0.29, 0.717) is 22.4 Å². The molecule has 106 valence electrons. The third kappa shape index (κ3) is 3.40. The van der Waals surface area contributed by atoms with Crippen molar-refractivity contribution in [3.8, 4) is 5.75 Å². The molecule has 0 heterocycles. The molecule has 0 fully saturated rings. The molecule has 2 nitrogen and oxygen atoms in total. The van der Waals surface area contributed by atoms with Gasteiger partial charge in [-0.25, -0.2) is 4.39 Å². The lowest BCUT2D eigenvalue weighted by Crippen LogP contribution is -2.06. The summed E-state index contributed by atoms with van der Waals surface area (Å²) >= 11 is 6.55. The Kier molecular flexibility index (Phi) is 5.18. The highest BCUT2D eigenvalue weighted by Gasteiger charge is 2.19. The molecule has 0 bridgehead atoms. The summed E-state index contributed by atoms with van der Waals surface area (Å²) in [5.41, 5.74) is 0.745. The van der Waals surface area contributed by atoms with Gasteiger partial charge in [0.25, 0.3) is 0 Å². The van der Waals surface area contributed by atoms with Crippen LogP contribution in [-0.2, 0) is 0 Å². The standard InChI is InChI=1S/C15H13Br2FO2/c1-2-20-14-6-4-9(16)7-12(14)15(19)11-5-3-10(17)8-13(11)18/h3-8,15,19H,2H2,1H3. The molecule has 0 aliphatic heterocycles. The number of rotatable bonds is 4. The SMILES string of the molecule is CCOc1ccc(Br)cc1C(O)c1ccc(Br)cc1F. The van der Waals surface area contributed by atoms with Crippen LogP contribution in [0.5, 0.6) is 5.75 Å². The lowest BCUT2D eigenvalue weighted by Gasteiger charge is -2.17. The molecular formula is C15H13Br2FO2. The van der Waals surface area contributed by atoms with Crippen LogP contribution in [0.4, 0.5) is 4.39 Å². The number of aliphatic hydroxyl groups is 1. The molecule has 1 atom stereocenters. The van der Waals surface area contributed by atoms with E-state index in [9.17, 15) is 9.50 Å². The summed E-state index contributed by atoms with van der Waals surface area (Å²) in [6.45, 7) is 2.34. The second kappa shape index (κ2) is 6.70. The van der Waals surface area contributed by atoms with Crippen LogP contribution in [-0.4, -0.2) is 11.7 Å². The first-order valence-corrected chi connectivity index (χ1v) is 7.66. The first-order valence-electron chi connectivity index (χ1n) is 6.08. The Balaban J connectivity index is 2.46. The predicted molar refractivity (Wildman–Crippen MR) is 83.5 cm³/mol. The van der Waals surface area contributed by atoms with E-state index in [0.717, 1.165) is 4.47 Å². The molecule has 0 aromatic heterocycles. The summed E-state index contributed by atoms with van der Waals surface area (Å²) in [5.74, 6) is 0.0832. The summed E-state index contributed by atoms with van der Waals surface area (Å²) in [6, 6.07) is 9.89. The predicted octanol–water partition coefficient (Wildman–Crippen LogP) is 4.83. The van der Waals surface area contributed by atoms with E-state index in [1.165, 1.54) is 6.07 Å². The fourth-order valence-corrected chi connectivity index (χ4v) is 2.62. The normalized spacial score (nSPS) is 12.2. The minimum atomic E-state index is -1.08. The fourth-order valence-electron chi connectivity index (χ4n) is 1.91. The molecule has 0 radical (unpaired) electrons. The van der Waals surface area contributed by atoms with Gasteiger partial charge in [0.1, 0.15) is 17.7 Å². The monoisotopic (exact) mass is 402 g/mol. The molecule has 20 heavy (non-hydrogen) atoms. The van der Waals surface area contributed by atoms with Gasteiger partial charge in [-0.3, -0.25) is 0 Å². The number of benzene rings is 2. The molecular weight excluding hydrogens is 391 g/mol. The van der Waals surface area contributed by atoms with Crippen molar-refractivity contribution in [3.63, 3.8) is 0 Å². The third-order valence-electron chi connectivity index (χ3n) is 2.82. The molecule has 2 rings (SSSR count). The summed E-state index contributed by atoms with van der Waals surface area (Å²) in [6.07, 6.45) is -1.08. The maximum Gasteiger partial charge on any atom is 0.130 e. The Hall–Kier alpha value is -0.910. The molecule has 2 aromatic carbocycles. The van der Waals surface area contributed by atoms with Gasteiger partial charge in [-0.2, -0.15) is 0 Å². The van der Waals surface area contributed by atoms with E-state index in [-0.39, 0.29) is 5.56 Å². The van der Waals surface area contributed by atoms with Crippen LogP contribution in [0.15, 0.2) is 45.3 Å². The van der Waals surface area contributed by atoms with Crippen LogP contribution < -0.4 is 4.74 Å². The topological polar surface area (TPSA) is 29.5 Å². The smallest absolute Gasteiger partial charge is 0.130 e. The fraction of sp³-hybridized carbons (Fsp3) is 0.200. The van der Waals surface area contributed by atoms with Gasteiger partial charge >= 0.3 is 0 Å². The van der Waals surface area contributed by atoms with Gasteiger partial charge in [-0.1, -0.05) is 37.9 Å². The van der Waals surface area contributed by atoms with Crippen LogP contribution in [0, 0.1) is 5.82 Å². The van der Waals surface area contributed by atoms with Crippen molar-refractivity contribution in [1.29, 1.82) is 0 Å². The zero-order valence-corrected chi connectivity index (χ0v) is 13.9. The molecule has 2 aromatic rings. The van der Waals surface area contributed by atoms with Gasteiger partial charge in [-0.15, -0.1) is 0 Å². The minimum absolute atomic E-state index is 0.215. The second-order valence-electron chi connectivity index (χ2n) is 4.18. The number of hydrogen-bond acceptors (Lipinski definition) is 2. The van der Waals surface area contributed by atoms with Crippen LogP contribution >= 0.6 is 31.9 Å². The molecule has 1 N–H and O–H groups in total. The molecule has 5 heteroatoms. The maximum absolute atomic E-state index is 14.0. The Bertz CT molecular complexity index is 617. The minimum Gasteiger partial charge on any atom is -0.493 e. The van der Waals surface area contributed by atoms with E-state index in [4.69, 9.17) is 4.74 Å². The molecule has 0 saturated heterocycles. The largest absolute Gasteiger partial charge is 0.493 e. The number of aliphatic hydroxyl groups excluding tert-OH is 1. The average molecular weight is 404 g/mol. The highest BCUT2D eigenvalue weighted by molar-refractivity contribution is 9.10. The second-order valence-corrected chi connectivity index (χ2v) is 6.01. The molecule has 1 unspecified atom stereocenters. The van der Waals surface area contributed by atoms with Crippen molar-refractivity contribution in [3.05, 3.63) is 62.3 Å². The van der Waals surface area contributed by atoms with E-state index >= 15 is 0 Å². The van der Waals surface area contributed by atoms with Crippen molar-refractivity contribution in [2.24, 2.45) is 0 Å². The Morgan fingerprint density at radius 2 is 1.75 bits per heavy atom. The van der Waals surface area contributed by atoms with Crippen molar-refractivity contribution in [2.45, 2.75) is 13.0 Å². The lowest BCUT2D eigenvalue weighted by atomic mass is 10.0. The van der Waals surface area contributed by atoms with Gasteiger partial charge < -0.3 is 9.84 Å². The first-order chi connectivity index (χ1) is 9.52. The number of hydrogen-bond donors (Lipinski definition) is 1. The molecule has 0 aliphatic rings. The molecule has 0 spiro atoms. The van der Waals surface area contributed by atoms with Gasteiger partial charge in [-0.05, 0) is 37.3 Å². The van der Waals surface area contributed by atoms with Gasteiger partial charge in [0, 0.05) is 20.1 Å². The summed E-state index contributed by atoms with van der Waals surface area (Å²) in [5, 5.41) is 10.4. The lowest BCUT2D eigenvalue weighted by molar-refractivity contribution is 0.207. The van der Waals surface area contributed by atoms with Crippen molar-refractivity contribution < 1.29 is 14.2 Å². The number of ether oxygens (including phenoxy) is 1. The first kappa shape index (κ1) is 15.5. The number of halogens is 3. The Morgan fingerprint density at radius 1 is 1.10 bits per heavy atom. The van der Waals surface area contributed by atoms with Crippen molar-refractivity contribution in [1.82, 2.24) is 0 Å². The van der Waals surface area contributed by atoms with E-state index < -0.39 is 11.9 Å². The van der Waals surface area contributed by atoms with Crippen LogP contribution in [0.2, 0.25) is 0 Å². The van der Waals surface area contributed by atoms with Gasteiger partial charge in [0.2, 0.25) is 0 Å². The van der Waals surface area contributed by atoms with Crippen LogP contribution in [0.3, 0.4) is 0 Å². The summed E-state index contributed by atoms with van der Waals surface area (Å²) in [4.78, 5) is 0. The third-order valence-corrected chi connectivity index (χ3v) is 3.81. The van der Waals surface area contributed by atoms with Crippen molar-refractivity contribution >= 4 is 31.9 Å². The van der Waals surface area contributed by atoms with E-state index in [1.54, 1.807) is 24.3 Å². The molecule has 0 saturated carbocycles. The zero-order chi connectivity index (χ0) is 14.7. The highest BCUT2D eigenvalue weighted by Crippen LogP contribution is 2.34. The average Bonchev–Trinajstić information content (AvgIpc) is 2.40. The van der Waals surface area contributed by atoms with Gasteiger partial charge in [0.05, 0.1) is 6.61 Å². The maximum atomic E-state index is 14.0. The van der Waals surface area contributed by atoms with E-state index in [2.05, 4.69) is 31.9 Å². The van der Waals surface area contributed by atoms with E-state index in [1.807, 2.05) is 13.0 Å². The molecule has 0 amide bonds.